The lowest BCUT2D eigenvalue weighted by molar-refractivity contribution is -0.135. The third kappa shape index (κ3) is 7.37. The summed E-state index contributed by atoms with van der Waals surface area (Å²) >= 11 is 0. The van der Waals surface area contributed by atoms with Gasteiger partial charge in [-0.25, -0.2) is 19.6 Å². The van der Waals surface area contributed by atoms with Crippen LogP contribution in [0.4, 0.5) is 9.59 Å². The van der Waals surface area contributed by atoms with Crippen LogP contribution in [-0.2, 0) is 25.6 Å². The maximum Gasteiger partial charge on any atom is 0.407 e. The number of aliphatic hydroxyl groups excluding tert-OH is 1. The quantitative estimate of drug-likeness (QED) is 0.119. The molecule has 0 saturated carbocycles. The molecule has 1 aliphatic carbocycles. The third-order valence-electron chi connectivity index (χ3n) is 11.8. The number of likely N-dealkylation sites (tertiary alicyclic amines) is 1. The van der Waals surface area contributed by atoms with Gasteiger partial charge < -0.3 is 44.6 Å². The SMILES string of the molecule is COC(=O)N[C@H]1CC(O)c2ccn3c2C1C(=O)C[C@H](c1ncc(-c2ccc(-c4ccc(-c5cnc([C@@H]6CCCN6C(=O)[C@@H](NC(=O)OC)C(C)C)[nH]5)cc4)cc2)[nH]1)C3. The molecule has 0 bridgehead atoms. The molecule has 2 unspecified atom stereocenters. The Labute approximate surface area is 335 Å². The number of alkyl carbamates (subject to hydrolysis) is 2. The Kier molecular flexibility index (Phi) is 10.6. The Morgan fingerprint density at radius 3 is 2.09 bits per heavy atom. The molecule has 302 valence electrons. The van der Waals surface area contributed by atoms with Crippen LogP contribution >= 0.6 is 0 Å². The number of H-pyrrole nitrogens is 2. The zero-order valence-electron chi connectivity index (χ0n) is 32.9. The second-order valence-corrected chi connectivity index (χ2v) is 15.7. The number of hydrogen-bond acceptors (Lipinski definition) is 9. The number of nitrogens with one attached hydrogen (secondary N) is 4. The van der Waals surface area contributed by atoms with E-state index in [9.17, 15) is 24.3 Å². The van der Waals surface area contributed by atoms with Crippen LogP contribution in [0.3, 0.4) is 0 Å². The summed E-state index contributed by atoms with van der Waals surface area (Å²) in [7, 11) is 2.57. The number of aromatic nitrogens is 5. The number of aliphatic hydroxyl groups is 1. The monoisotopic (exact) mass is 788 g/mol. The molecule has 5 heterocycles. The molecule has 1 fully saturated rings. The van der Waals surface area contributed by atoms with Gasteiger partial charge in [0.2, 0.25) is 5.91 Å². The first-order valence-corrected chi connectivity index (χ1v) is 19.7. The number of carbonyl (C=O) groups is 4. The Bertz CT molecular complexity index is 2310. The van der Waals surface area contributed by atoms with Crippen LogP contribution in [0.25, 0.3) is 33.6 Å². The fourth-order valence-electron chi connectivity index (χ4n) is 8.80. The normalized spacial score (nSPS) is 21.9. The maximum atomic E-state index is 13.8. The van der Waals surface area contributed by atoms with Crippen LogP contribution in [0.2, 0.25) is 0 Å². The molecule has 58 heavy (non-hydrogen) atoms. The first-order chi connectivity index (χ1) is 28.0. The molecule has 3 aliphatic rings. The number of amides is 3. The number of ether oxygens (including phenoxy) is 2. The minimum absolute atomic E-state index is 0.0168. The Balaban J connectivity index is 0.935. The van der Waals surface area contributed by atoms with Crippen molar-refractivity contribution in [2.45, 2.75) is 82.1 Å². The fourth-order valence-corrected chi connectivity index (χ4v) is 8.80. The number of aromatic amines is 2. The number of hydrogen-bond donors (Lipinski definition) is 5. The van der Waals surface area contributed by atoms with Crippen molar-refractivity contribution in [2.75, 3.05) is 20.8 Å². The van der Waals surface area contributed by atoms with Crippen LogP contribution in [0.15, 0.2) is 73.2 Å². The Morgan fingerprint density at radius 1 is 0.862 bits per heavy atom. The van der Waals surface area contributed by atoms with E-state index in [2.05, 4.69) is 49.9 Å². The smallest absolute Gasteiger partial charge is 0.407 e. The summed E-state index contributed by atoms with van der Waals surface area (Å²) in [6.45, 7) is 4.88. The number of benzene rings is 2. The summed E-state index contributed by atoms with van der Waals surface area (Å²) in [5.74, 6) is 0.324. The van der Waals surface area contributed by atoms with E-state index < -0.39 is 36.3 Å². The van der Waals surface area contributed by atoms with Crippen molar-refractivity contribution in [1.29, 1.82) is 0 Å². The highest BCUT2D eigenvalue weighted by Gasteiger charge is 2.44. The van der Waals surface area contributed by atoms with Gasteiger partial charge in [0.1, 0.15) is 23.5 Å². The molecule has 1 saturated heterocycles. The van der Waals surface area contributed by atoms with Gasteiger partial charge in [-0.3, -0.25) is 9.59 Å². The predicted octanol–water partition coefficient (Wildman–Crippen LogP) is 5.98. The van der Waals surface area contributed by atoms with E-state index in [1.54, 1.807) is 17.3 Å². The van der Waals surface area contributed by atoms with Gasteiger partial charge in [-0.2, -0.15) is 0 Å². The van der Waals surface area contributed by atoms with Gasteiger partial charge in [0.25, 0.3) is 0 Å². The lowest BCUT2D eigenvalue weighted by Gasteiger charge is -2.34. The van der Waals surface area contributed by atoms with Gasteiger partial charge in [-0.1, -0.05) is 62.4 Å². The summed E-state index contributed by atoms with van der Waals surface area (Å²) in [4.78, 5) is 69.5. The number of nitrogens with zero attached hydrogens (tertiary/aromatic N) is 4. The van der Waals surface area contributed by atoms with Crippen LogP contribution in [-0.4, -0.2) is 91.2 Å². The molecular weight excluding hydrogens is 741 g/mol. The molecule has 3 amide bonds. The number of Topliss-reactive ketones (excluding diaryl/α,β-unsaturated/α-hetero) is 1. The molecule has 3 aromatic heterocycles. The minimum atomic E-state index is -0.795. The van der Waals surface area contributed by atoms with E-state index in [0.717, 1.165) is 57.7 Å². The molecule has 15 nitrogen and oxygen atoms in total. The first-order valence-electron chi connectivity index (χ1n) is 19.7. The van der Waals surface area contributed by atoms with Gasteiger partial charge in [0, 0.05) is 42.9 Å². The van der Waals surface area contributed by atoms with Crippen molar-refractivity contribution in [3.05, 3.63) is 96.1 Å². The van der Waals surface area contributed by atoms with E-state index in [1.807, 2.05) is 54.9 Å². The summed E-state index contributed by atoms with van der Waals surface area (Å²) in [6, 6.07) is 16.8. The van der Waals surface area contributed by atoms with Gasteiger partial charge in [0.15, 0.2) is 0 Å². The molecule has 2 aliphatic heterocycles. The number of rotatable bonds is 9. The highest BCUT2D eigenvalue weighted by molar-refractivity contribution is 5.89. The van der Waals surface area contributed by atoms with Crippen molar-refractivity contribution < 1.29 is 33.8 Å². The summed E-state index contributed by atoms with van der Waals surface area (Å²) < 4.78 is 11.6. The number of ketones is 1. The van der Waals surface area contributed by atoms with Crippen molar-refractivity contribution in [2.24, 2.45) is 5.92 Å². The average Bonchev–Trinajstić information content (AvgIpc) is 4.06. The van der Waals surface area contributed by atoms with Crippen molar-refractivity contribution >= 4 is 23.9 Å². The lowest BCUT2D eigenvalue weighted by atomic mass is 9.78. The maximum absolute atomic E-state index is 13.8. The molecule has 8 rings (SSSR count). The third-order valence-corrected chi connectivity index (χ3v) is 11.8. The van der Waals surface area contributed by atoms with Crippen molar-refractivity contribution in [3.8, 4) is 33.6 Å². The molecule has 5 N–H and O–H groups in total. The van der Waals surface area contributed by atoms with Crippen molar-refractivity contribution in [1.82, 2.24) is 40.0 Å². The number of methoxy groups -OCH3 is 2. The topological polar surface area (TPSA) is 197 Å². The van der Waals surface area contributed by atoms with Crippen LogP contribution in [0.1, 0.15) is 86.4 Å². The standard InChI is InChI=1S/C43H48N8O7/c1-23(2)37(49-43(56)58-4)41(54)51-16-5-6-33(51)40-45-21-32(47-40)27-13-9-25(10-14-27)24-7-11-26(12-8-24)31-20-44-39(46-31)28-18-35(53)36-30(48-42(55)57-3)19-34(52)29-15-17-50(22-28)38(29)36/h7-15,17,20-21,23,28,30,33-34,36-37,52H,5-6,16,18-19,22H2,1-4H3,(H,44,46)(H,45,47)(H,48,55)(H,49,56)/t28-,30-,33-,34?,36?,37-/m0/s1. The van der Waals surface area contributed by atoms with Gasteiger partial charge >= 0.3 is 12.2 Å². The number of imidazole rings is 2. The van der Waals surface area contributed by atoms with E-state index in [0.29, 0.717) is 24.7 Å². The van der Waals surface area contributed by atoms with Crippen LogP contribution < -0.4 is 10.6 Å². The number of carbonyl (C=O) groups excluding carboxylic acids is 4. The summed E-state index contributed by atoms with van der Waals surface area (Å²) in [6.07, 6.45) is 5.51. The predicted molar refractivity (Wildman–Crippen MR) is 213 cm³/mol. The molecule has 0 spiro atoms. The average molecular weight is 789 g/mol. The molecule has 6 atom stereocenters. The summed E-state index contributed by atoms with van der Waals surface area (Å²) in [5, 5.41) is 16.3. The second kappa shape index (κ2) is 16.0. The molecular formula is C43H48N8O7. The Hall–Kier alpha value is -6.22. The molecule has 5 aromatic rings. The minimum Gasteiger partial charge on any atom is -0.453 e. The van der Waals surface area contributed by atoms with Crippen molar-refractivity contribution in [3.63, 3.8) is 0 Å². The zero-order valence-corrected chi connectivity index (χ0v) is 32.9. The highest BCUT2D eigenvalue weighted by Crippen LogP contribution is 2.43. The summed E-state index contributed by atoms with van der Waals surface area (Å²) in [5.41, 5.74) is 7.15. The van der Waals surface area contributed by atoms with E-state index in [1.165, 1.54) is 14.2 Å². The van der Waals surface area contributed by atoms with Gasteiger partial charge in [0.05, 0.1) is 62.1 Å². The van der Waals surface area contributed by atoms with E-state index in [-0.39, 0.29) is 42.4 Å². The highest BCUT2D eigenvalue weighted by atomic mass is 16.5. The first kappa shape index (κ1) is 38.6. The van der Waals surface area contributed by atoms with Crippen LogP contribution in [0.5, 0.6) is 0 Å². The fraction of sp³-hybridized carbons (Fsp3) is 0.395. The largest absolute Gasteiger partial charge is 0.453 e. The van der Waals surface area contributed by atoms with Crippen LogP contribution in [0, 0.1) is 5.92 Å². The van der Waals surface area contributed by atoms with E-state index >= 15 is 0 Å². The Morgan fingerprint density at radius 2 is 1.47 bits per heavy atom. The van der Waals surface area contributed by atoms with E-state index in [4.69, 9.17) is 14.5 Å². The molecule has 2 aromatic carbocycles. The zero-order chi connectivity index (χ0) is 40.7. The lowest BCUT2D eigenvalue weighted by Crippen LogP contribution is -2.51. The second-order valence-electron chi connectivity index (χ2n) is 15.7. The van der Waals surface area contributed by atoms with Gasteiger partial charge in [-0.05, 0) is 53.5 Å². The molecule has 0 radical (unpaired) electrons. The van der Waals surface area contributed by atoms with Gasteiger partial charge in [-0.15, -0.1) is 0 Å². The molecule has 15 heteroatoms.